The van der Waals surface area contributed by atoms with E-state index in [1.807, 2.05) is 44.2 Å². The molecule has 1 unspecified atom stereocenters. The Morgan fingerprint density at radius 2 is 1.93 bits per heavy atom. The Labute approximate surface area is 160 Å². The van der Waals surface area contributed by atoms with Crippen LogP contribution in [-0.2, 0) is 19.1 Å². The van der Waals surface area contributed by atoms with Crippen molar-refractivity contribution in [1.29, 1.82) is 0 Å². The summed E-state index contributed by atoms with van der Waals surface area (Å²) in [5.74, 6) is -0.410. The van der Waals surface area contributed by atoms with E-state index >= 15 is 0 Å². The Bertz CT molecular complexity index is 715. The van der Waals surface area contributed by atoms with Crippen molar-refractivity contribution in [3.05, 3.63) is 30.3 Å². The minimum Gasteiger partial charge on any atom is -0.469 e. The van der Waals surface area contributed by atoms with Gasteiger partial charge in [-0.15, -0.1) is 0 Å². The lowest BCUT2D eigenvalue weighted by Crippen LogP contribution is -2.40. The first-order valence-corrected chi connectivity index (χ1v) is 9.11. The highest BCUT2D eigenvalue weighted by atomic mass is 16.5. The van der Waals surface area contributed by atoms with Gasteiger partial charge in [-0.05, 0) is 25.0 Å². The first kappa shape index (κ1) is 20.6. The number of methoxy groups -OCH3 is 1. The molecule has 146 valence electrons. The fourth-order valence-corrected chi connectivity index (χ4v) is 3.00. The summed E-state index contributed by atoms with van der Waals surface area (Å²) in [5.41, 5.74) is 1.11. The number of esters is 1. The number of carbonyl (C=O) groups excluding carboxylic acids is 3. The smallest absolute Gasteiger partial charge is 0.307 e. The third kappa shape index (κ3) is 5.39. The molecule has 0 radical (unpaired) electrons. The third-order valence-electron chi connectivity index (χ3n) is 4.33. The van der Waals surface area contributed by atoms with E-state index in [9.17, 15) is 14.4 Å². The zero-order valence-electron chi connectivity index (χ0n) is 16.3. The molecule has 0 bridgehead atoms. The van der Waals surface area contributed by atoms with Crippen molar-refractivity contribution < 1.29 is 19.1 Å². The molecule has 0 N–H and O–H groups in total. The van der Waals surface area contributed by atoms with Crippen molar-refractivity contribution in [2.24, 2.45) is 11.0 Å². The fourth-order valence-electron chi connectivity index (χ4n) is 3.00. The van der Waals surface area contributed by atoms with Gasteiger partial charge >= 0.3 is 5.97 Å². The molecule has 1 aliphatic heterocycles. The van der Waals surface area contributed by atoms with Crippen molar-refractivity contribution in [3.63, 3.8) is 0 Å². The van der Waals surface area contributed by atoms with Crippen LogP contribution in [0.4, 0.5) is 5.69 Å². The maximum absolute atomic E-state index is 13.0. The van der Waals surface area contributed by atoms with Crippen LogP contribution in [0.25, 0.3) is 0 Å². The zero-order valence-corrected chi connectivity index (χ0v) is 16.3. The summed E-state index contributed by atoms with van der Waals surface area (Å²) in [4.78, 5) is 38.2. The van der Waals surface area contributed by atoms with Crippen LogP contribution in [-0.4, -0.2) is 54.5 Å². The molecule has 0 aromatic heterocycles. The lowest BCUT2D eigenvalue weighted by atomic mass is 10.1. The average Bonchev–Trinajstić information content (AvgIpc) is 3.10. The van der Waals surface area contributed by atoms with Crippen LogP contribution in [0.3, 0.4) is 0 Å². The summed E-state index contributed by atoms with van der Waals surface area (Å²) < 4.78 is 4.67. The second kappa shape index (κ2) is 9.30. The van der Waals surface area contributed by atoms with E-state index < -0.39 is 6.04 Å². The van der Waals surface area contributed by atoms with Crippen LogP contribution in [0, 0.1) is 5.92 Å². The van der Waals surface area contributed by atoms with Gasteiger partial charge in [0, 0.05) is 19.5 Å². The first-order valence-electron chi connectivity index (χ1n) is 9.11. The summed E-state index contributed by atoms with van der Waals surface area (Å²) in [7, 11) is 1.33. The lowest BCUT2D eigenvalue weighted by molar-refractivity contribution is -0.141. The molecule has 0 saturated heterocycles. The van der Waals surface area contributed by atoms with Crippen LogP contribution in [0.2, 0.25) is 0 Å². The van der Waals surface area contributed by atoms with Crippen LogP contribution in [0.15, 0.2) is 35.4 Å². The number of Topliss-reactive ketones (excluding diaryl/α,β-unsaturated/α-hetero) is 1. The van der Waals surface area contributed by atoms with E-state index in [0.29, 0.717) is 12.3 Å². The Morgan fingerprint density at radius 1 is 1.26 bits per heavy atom. The monoisotopic (exact) mass is 373 g/mol. The number of carbonyl (C=O) groups is 3. The number of nitrogens with zero attached hydrogens (tertiary/aromatic N) is 3. The summed E-state index contributed by atoms with van der Waals surface area (Å²) in [5, 5.41) is 6.07. The van der Waals surface area contributed by atoms with Gasteiger partial charge in [0.15, 0.2) is 5.78 Å². The molecule has 2 rings (SSSR count). The molecule has 0 aliphatic carbocycles. The van der Waals surface area contributed by atoms with Gasteiger partial charge in [-0.25, -0.2) is 0 Å². The van der Waals surface area contributed by atoms with E-state index in [0.717, 1.165) is 5.69 Å². The molecule has 7 nitrogen and oxygen atoms in total. The molecule has 1 aliphatic rings. The molecule has 0 saturated carbocycles. The highest BCUT2D eigenvalue weighted by molar-refractivity contribution is 6.40. The van der Waals surface area contributed by atoms with Crippen molar-refractivity contribution >= 4 is 29.1 Å². The van der Waals surface area contributed by atoms with Gasteiger partial charge in [0.05, 0.1) is 19.2 Å². The third-order valence-corrected chi connectivity index (χ3v) is 4.33. The number of rotatable bonds is 8. The molecule has 1 heterocycles. The number of ether oxygens (including phenoxy) is 1. The summed E-state index contributed by atoms with van der Waals surface area (Å²) in [6.45, 7) is 6.28. The van der Waals surface area contributed by atoms with Crippen molar-refractivity contribution in [1.82, 2.24) is 4.90 Å². The largest absolute Gasteiger partial charge is 0.469 e. The van der Waals surface area contributed by atoms with E-state index in [4.69, 9.17) is 0 Å². The highest BCUT2D eigenvalue weighted by Gasteiger charge is 2.35. The predicted molar refractivity (Wildman–Crippen MR) is 103 cm³/mol. The highest BCUT2D eigenvalue weighted by Crippen LogP contribution is 2.25. The topological polar surface area (TPSA) is 79.3 Å². The number of benzene rings is 1. The molecule has 0 fully saturated rings. The van der Waals surface area contributed by atoms with Gasteiger partial charge in [0.2, 0.25) is 0 Å². The van der Waals surface area contributed by atoms with Gasteiger partial charge in [-0.3, -0.25) is 19.4 Å². The van der Waals surface area contributed by atoms with Gasteiger partial charge in [0.1, 0.15) is 11.8 Å². The minimum atomic E-state index is -0.493. The molecule has 1 aromatic rings. The number of hydrogen-bond acceptors (Lipinski definition) is 6. The second-order valence-electron chi connectivity index (χ2n) is 7.03. The Hall–Kier alpha value is -2.70. The van der Waals surface area contributed by atoms with Gasteiger partial charge in [-0.1, -0.05) is 32.0 Å². The molecular formula is C20H27N3O4. The molecule has 0 spiro atoms. The maximum atomic E-state index is 13.0. The SMILES string of the molecule is COC(=O)CCN(CC(C)C)C(=O)C1=NN(c2ccccc2)C(C(C)=O)C1. The maximum Gasteiger partial charge on any atom is 0.307 e. The predicted octanol–water partition coefficient (Wildman–Crippen LogP) is 2.26. The number of amides is 1. The standard InChI is InChI=1S/C20H27N3O4/c1-14(2)13-22(11-10-19(25)27-4)20(26)17-12-18(15(3)24)23(21-17)16-8-6-5-7-9-16/h5-9,14,18H,10-13H2,1-4H3. The lowest BCUT2D eigenvalue weighted by Gasteiger charge is -2.24. The molecular weight excluding hydrogens is 346 g/mol. The Morgan fingerprint density at radius 3 is 2.48 bits per heavy atom. The van der Waals surface area contributed by atoms with E-state index in [1.165, 1.54) is 14.0 Å². The molecule has 1 atom stereocenters. The van der Waals surface area contributed by atoms with Crippen LogP contribution >= 0.6 is 0 Å². The normalized spacial score (nSPS) is 16.3. The Kier molecular flexibility index (Phi) is 7.10. The quantitative estimate of drug-likeness (QED) is 0.653. The van der Waals surface area contributed by atoms with E-state index in [1.54, 1.807) is 9.91 Å². The minimum absolute atomic E-state index is 0.0460. The van der Waals surface area contributed by atoms with Gasteiger partial charge in [-0.2, -0.15) is 5.10 Å². The van der Waals surface area contributed by atoms with Crippen molar-refractivity contribution in [2.75, 3.05) is 25.2 Å². The number of para-hydroxylation sites is 1. The van der Waals surface area contributed by atoms with Crippen LogP contribution in [0.1, 0.15) is 33.6 Å². The zero-order chi connectivity index (χ0) is 20.0. The Balaban J connectivity index is 2.23. The van der Waals surface area contributed by atoms with E-state index in [2.05, 4.69) is 9.84 Å². The van der Waals surface area contributed by atoms with Crippen molar-refractivity contribution in [2.45, 2.75) is 39.7 Å². The number of hydrogen-bond donors (Lipinski definition) is 0. The van der Waals surface area contributed by atoms with Crippen molar-refractivity contribution in [3.8, 4) is 0 Å². The summed E-state index contributed by atoms with van der Waals surface area (Å²) >= 11 is 0. The number of ketones is 1. The summed E-state index contributed by atoms with van der Waals surface area (Å²) in [6, 6.07) is 8.83. The molecule has 27 heavy (non-hydrogen) atoms. The fraction of sp³-hybridized carbons (Fsp3) is 0.500. The second-order valence-corrected chi connectivity index (χ2v) is 7.03. The first-order chi connectivity index (χ1) is 12.8. The number of anilines is 1. The van der Waals surface area contributed by atoms with Gasteiger partial charge in [0.25, 0.3) is 5.91 Å². The van der Waals surface area contributed by atoms with Gasteiger partial charge < -0.3 is 9.64 Å². The molecule has 1 amide bonds. The number of hydrazone groups is 1. The summed E-state index contributed by atoms with van der Waals surface area (Å²) in [6.07, 6.45) is 0.386. The van der Waals surface area contributed by atoms with Crippen LogP contribution < -0.4 is 5.01 Å². The molecule has 1 aromatic carbocycles. The molecule has 7 heteroatoms. The average molecular weight is 373 g/mol. The van der Waals surface area contributed by atoms with Crippen LogP contribution in [0.5, 0.6) is 0 Å². The van der Waals surface area contributed by atoms with E-state index in [-0.39, 0.29) is 43.0 Å².